The standard InChI is InChI=1S/C19H15N5O2/c1-25-13-4-2-12(3-5-13)17-16-15(11-6-8-22-9-7-11)14(10-20)18(21)26-19(16)24-23-17/h2-9,15H,21H2,1H3,(H,23,24)/t15-/m0/s1. The van der Waals surface area contributed by atoms with Crippen molar-refractivity contribution in [3.05, 3.63) is 71.4 Å². The van der Waals surface area contributed by atoms with E-state index in [1.165, 1.54) is 0 Å². The van der Waals surface area contributed by atoms with Gasteiger partial charge in [-0.3, -0.25) is 10.1 Å². The number of aromatic amines is 1. The number of benzene rings is 1. The molecule has 0 aliphatic carbocycles. The largest absolute Gasteiger partial charge is 0.497 e. The van der Waals surface area contributed by atoms with Gasteiger partial charge in [-0.1, -0.05) is 0 Å². The molecule has 3 heterocycles. The second-order valence-electron chi connectivity index (χ2n) is 5.75. The third kappa shape index (κ3) is 2.45. The van der Waals surface area contributed by atoms with Crippen molar-refractivity contribution < 1.29 is 9.47 Å². The van der Waals surface area contributed by atoms with Crippen LogP contribution >= 0.6 is 0 Å². The van der Waals surface area contributed by atoms with Crippen molar-refractivity contribution in [1.29, 1.82) is 5.26 Å². The number of allylic oxidation sites excluding steroid dienone is 1. The number of aromatic nitrogens is 3. The van der Waals surface area contributed by atoms with Crippen LogP contribution in [-0.4, -0.2) is 22.3 Å². The van der Waals surface area contributed by atoms with Crippen molar-refractivity contribution in [3.8, 4) is 29.0 Å². The smallest absolute Gasteiger partial charge is 0.244 e. The Morgan fingerprint density at radius 3 is 2.58 bits per heavy atom. The summed E-state index contributed by atoms with van der Waals surface area (Å²) in [5.41, 5.74) is 9.64. The molecule has 1 aromatic carbocycles. The van der Waals surface area contributed by atoms with Gasteiger partial charge in [0.1, 0.15) is 17.4 Å². The maximum atomic E-state index is 9.66. The molecular weight excluding hydrogens is 330 g/mol. The van der Waals surface area contributed by atoms with E-state index < -0.39 is 0 Å². The van der Waals surface area contributed by atoms with Crippen molar-refractivity contribution in [2.75, 3.05) is 7.11 Å². The first-order valence-corrected chi connectivity index (χ1v) is 7.93. The Kier molecular flexibility index (Phi) is 3.78. The lowest BCUT2D eigenvalue weighted by Crippen LogP contribution is -2.21. The number of hydrogen-bond donors (Lipinski definition) is 2. The van der Waals surface area contributed by atoms with Gasteiger partial charge in [-0.2, -0.15) is 5.26 Å². The number of nitrogens with two attached hydrogens (primary N) is 1. The number of methoxy groups -OCH3 is 1. The number of pyridine rings is 1. The molecule has 0 amide bonds. The number of hydrogen-bond acceptors (Lipinski definition) is 6. The molecule has 3 N–H and O–H groups in total. The van der Waals surface area contributed by atoms with Gasteiger partial charge < -0.3 is 15.2 Å². The molecule has 0 radical (unpaired) electrons. The predicted octanol–water partition coefficient (Wildman–Crippen LogP) is 2.70. The number of ether oxygens (including phenoxy) is 2. The third-order valence-electron chi connectivity index (χ3n) is 4.36. The maximum Gasteiger partial charge on any atom is 0.244 e. The SMILES string of the molecule is COc1ccc(-c2[nH]nc3c2[C@@H](c2ccncc2)C(C#N)=C(N)O3)cc1. The van der Waals surface area contributed by atoms with Crippen molar-refractivity contribution in [1.82, 2.24) is 15.2 Å². The molecule has 3 aromatic rings. The van der Waals surface area contributed by atoms with Crippen LogP contribution < -0.4 is 15.2 Å². The molecule has 0 saturated heterocycles. The highest BCUT2D eigenvalue weighted by Gasteiger charge is 2.35. The lowest BCUT2D eigenvalue weighted by Gasteiger charge is -2.24. The highest BCUT2D eigenvalue weighted by molar-refractivity contribution is 5.71. The first kappa shape index (κ1) is 15.7. The molecule has 4 rings (SSSR count). The third-order valence-corrected chi connectivity index (χ3v) is 4.36. The molecule has 0 bridgehead atoms. The number of nitriles is 1. The van der Waals surface area contributed by atoms with Gasteiger partial charge in [0.05, 0.1) is 24.3 Å². The first-order chi connectivity index (χ1) is 12.7. The summed E-state index contributed by atoms with van der Waals surface area (Å²) >= 11 is 0. The van der Waals surface area contributed by atoms with Crippen LogP contribution in [0.15, 0.2) is 60.2 Å². The van der Waals surface area contributed by atoms with Crippen LogP contribution in [0.25, 0.3) is 11.3 Å². The molecule has 1 aliphatic heterocycles. The Bertz CT molecular complexity index is 1020. The van der Waals surface area contributed by atoms with Crippen molar-refractivity contribution >= 4 is 0 Å². The normalized spacial score (nSPS) is 15.8. The van der Waals surface area contributed by atoms with E-state index in [0.29, 0.717) is 11.5 Å². The number of nitrogens with one attached hydrogen (secondary N) is 1. The molecule has 26 heavy (non-hydrogen) atoms. The summed E-state index contributed by atoms with van der Waals surface area (Å²) in [5.74, 6) is 0.803. The summed E-state index contributed by atoms with van der Waals surface area (Å²) < 4.78 is 10.8. The number of rotatable bonds is 3. The van der Waals surface area contributed by atoms with E-state index in [4.69, 9.17) is 15.2 Å². The Morgan fingerprint density at radius 1 is 1.19 bits per heavy atom. The zero-order valence-corrected chi connectivity index (χ0v) is 13.9. The van der Waals surface area contributed by atoms with Gasteiger partial charge in [0.2, 0.25) is 11.8 Å². The summed E-state index contributed by atoms with van der Waals surface area (Å²) in [6.07, 6.45) is 3.37. The van der Waals surface area contributed by atoms with E-state index in [2.05, 4.69) is 21.3 Å². The quantitative estimate of drug-likeness (QED) is 0.755. The van der Waals surface area contributed by atoms with Crippen LogP contribution in [0.2, 0.25) is 0 Å². The highest BCUT2D eigenvalue weighted by Crippen LogP contribution is 2.45. The average Bonchev–Trinajstić information content (AvgIpc) is 3.11. The lowest BCUT2D eigenvalue weighted by atomic mass is 9.83. The molecular formula is C19H15N5O2. The second kappa shape index (κ2) is 6.26. The molecule has 0 unspecified atom stereocenters. The van der Waals surface area contributed by atoms with Gasteiger partial charge in [0.25, 0.3) is 0 Å². The second-order valence-corrected chi connectivity index (χ2v) is 5.75. The summed E-state index contributed by atoms with van der Waals surface area (Å²) in [6, 6.07) is 13.5. The predicted molar refractivity (Wildman–Crippen MR) is 94.1 cm³/mol. The van der Waals surface area contributed by atoms with Crippen LogP contribution in [0.5, 0.6) is 11.6 Å². The van der Waals surface area contributed by atoms with Gasteiger partial charge >= 0.3 is 0 Å². The fourth-order valence-electron chi connectivity index (χ4n) is 3.11. The zero-order valence-electron chi connectivity index (χ0n) is 13.9. The fourth-order valence-corrected chi connectivity index (χ4v) is 3.11. The molecule has 1 atom stereocenters. The Morgan fingerprint density at radius 2 is 1.92 bits per heavy atom. The number of fused-ring (bicyclic) bond motifs is 1. The molecule has 128 valence electrons. The van der Waals surface area contributed by atoms with Crippen molar-refractivity contribution in [3.63, 3.8) is 0 Å². The maximum absolute atomic E-state index is 9.66. The molecule has 1 aliphatic rings. The minimum absolute atomic E-state index is 0.0644. The van der Waals surface area contributed by atoms with E-state index >= 15 is 0 Å². The topological polar surface area (TPSA) is 110 Å². The minimum Gasteiger partial charge on any atom is -0.497 e. The van der Waals surface area contributed by atoms with Gasteiger partial charge in [0, 0.05) is 18.0 Å². The van der Waals surface area contributed by atoms with E-state index in [-0.39, 0.29) is 11.8 Å². The van der Waals surface area contributed by atoms with E-state index in [0.717, 1.165) is 28.1 Å². The summed E-state index contributed by atoms with van der Waals surface area (Å²) in [6.45, 7) is 0. The van der Waals surface area contributed by atoms with Gasteiger partial charge in [-0.25, -0.2) is 0 Å². The van der Waals surface area contributed by atoms with E-state index in [1.54, 1.807) is 19.5 Å². The molecule has 0 saturated carbocycles. The van der Waals surface area contributed by atoms with Crippen LogP contribution in [-0.2, 0) is 0 Å². The zero-order chi connectivity index (χ0) is 18.1. The molecule has 0 spiro atoms. The monoisotopic (exact) mass is 345 g/mol. The molecule has 2 aromatic heterocycles. The van der Waals surface area contributed by atoms with Gasteiger partial charge in [-0.15, -0.1) is 5.10 Å². The summed E-state index contributed by atoms with van der Waals surface area (Å²) in [5, 5.41) is 16.9. The molecule has 7 nitrogen and oxygen atoms in total. The number of nitrogens with zero attached hydrogens (tertiary/aromatic N) is 3. The van der Waals surface area contributed by atoms with E-state index in [9.17, 15) is 5.26 Å². The minimum atomic E-state index is -0.386. The number of H-pyrrole nitrogens is 1. The van der Waals surface area contributed by atoms with Gasteiger partial charge in [-0.05, 0) is 42.0 Å². The molecule has 0 fully saturated rings. The highest BCUT2D eigenvalue weighted by atomic mass is 16.5. The Hall–Kier alpha value is -3.79. The van der Waals surface area contributed by atoms with Crippen LogP contribution in [0.1, 0.15) is 17.0 Å². The van der Waals surface area contributed by atoms with Crippen LogP contribution in [0.3, 0.4) is 0 Å². The Balaban J connectivity index is 1.90. The Labute approximate surface area is 149 Å². The van der Waals surface area contributed by atoms with Crippen LogP contribution in [0.4, 0.5) is 0 Å². The fraction of sp³-hybridized carbons (Fsp3) is 0.105. The first-order valence-electron chi connectivity index (χ1n) is 7.93. The van der Waals surface area contributed by atoms with Crippen molar-refractivity contribution in [2.45, 2.75) is 5.92 Å². The average molecular weight is 345 g/mol. The molecule has 7 heteroatoms. The van der Waals surface area contributed by atoms with Crippen LogP contribution in [0, 0.1) is 11.3 Å². The summed E-state index contributed by atoms with van der Waals surface area (Å²) in [7, 11) is 1.62. The van der Waals surface area contributed by atoms with Gasteiger partial charge in [0.15, 0.2) is 0 Å². The lowest BCUT2D eigenvalue weighted by molar-refractivity contribution is 0.379. The van der Waals surface area contributed by atoms with E-state index in [1.807, 2.05) is 36.4 Å². The summed E-state index contributed by atoms with van der Waals surface area (Å²) in [4.78, 5) is 4.05. The van der Waals surface area contributed by atoms with Crippen molar-refractivity contribution in [2.24, 2.45) is 5.73 Å².